The number of para-hydroxylation sites is 1. The van der Waals surface area contributed by atoms with Crippen LogP contribution >= 0.6 is 0 Å². The fraction of sp³-hybridized carbons (Fsp3) is 0.538. The Kier molecular flexibility index (Phi) is 4.44. The van der Waals surface area contributed by atoms with E-state index in [1.807, 2.05) is 0 Å². The molecule has 6 heteroatoms. The summed E-state index contributed by atoms with van der Waals surface area (Å²) in [4.78, 5) is 0.204. The summed E-state index contributed by atoms with van der Waals surface area (Å²) in [6.45, 7) is 5.25. The molecule has 19 heavy (non-hydrogen) atoms. The van der Waals surface area contributed by atoms with Crippen molar-refractivity contribution < 1.29 is 13.2 Å². The van der Waals surface area contributed by atoms with Gasteiger partial charge in [0.25, 0.3) is 0 Å². The second-order valence-electron chi connectivity index (χ2n) is 4.96. The Balaban J connectivity index is 2.24. The molecule has 1 heterocycles. The van der Waals surface area contributed by atoms with Crippen molar-refractivity contribution >= 4 is 10.0 Å². The number of nitrogens with one attached hydrogen (secondary N) is 2. The highest BCUT2D eigenvalue weighted by atomic mass is 32.2. The lowest BCUT2D eigenvalue weighted by Crippen LogP contribution is -2.31. The van der Waals surface area contributed by atoms with Gasteiger partial charge in [-0.25, -0.2) is 13.1 Å². The molecule has 106 valence electrons. The Hall–Kier alpha value is -1.11. The van der Waals surface area contributed by atoms with E-state index in [1.165, 1.54) is 0 Å². The van der Waals surface area contributed by atoms with Gasteiger partial charge in [0.15, 0.2) is 0 Å². The van der Waals surface area contributed by atoms with Crippen molar-refractivity contribution in [3.63, 3.8) is 0 Å². The maximum Gasteiger partial charge on any atom is 0.244 e. The largest absolute Gasteiger partial charge is 0.488 e. The van der Waals surface area contributed by atoms with Gasteiger partial charge in [0.2, 0.25) is 10.0 Å². The maximum absolute atomic E-state index is 12.2. The molecule has 0 aromatic heterocycles. The van der Waals surface area contributed by atoms with E-state index >= 15 is 0 Å². The average Bonchev–Trinajstić information content (AvgIpc) is 2.80. The Morgan fingerprint density at radius 2 is 2.11 bits per heavy atom. The molecule has 1 aliphatic rings. The second-order valence-corrected chi connectivity index (χ2v) is 6.64. The molecule has 1 aromatic carbocycles. The second kappa shape index (κ2) is 5.90. The zero-order valence-electron chi connectivity index (χ0n) is 11.2. The minimum absolute atomic E-state index is 0.0374. The van der Waals surface area contributed by atoms with Gasteiger partial charge in [0, 0.05) is 12.6 Å². The van der Waals surface area contributed by atoms with E-state index in [4.69, 9.17) is 4.74 Å². The van der Waals surface area contributed by atoms with Crippen LogP contribution < -0.4 is 14.8 Å². The molecule has 1 aliphatic heterocycles. The standard InChI is InChI=1S/C13H20N2O3S/c1-10(2)15-19(16,17)13-6-4-3-5-12(13)18-11-7-8-14-9-11/h3-6,10-11,14-15H,7-9H2,1-2H3. The van der Waals surface area contributed by atoms with Crippen molar-refractivity contribution in [2.24, 2.45) is 0 Å². The molecular formula is C13H20N2O3S. The van der Waals surface area contributed by atoms with Crippen molar-refractivity contribution in [1.82, 2.24) is 10.0 Å². The Bertz CT molecular complexity index is 522. The number of sulfonamides is 1. The topological polar surface area (TPSA) is 67.4 Å². The molecule has 1 unspecified atom stereocenters. The first kappa shape index (κ1) is 14.3. The molecule has 2 rings (SSSR count). The van der Waals surface area contributed by atoms with Gasteiger partial charge in [0.1, 0.15) is 16.7 Å². The van der Waals surface area contributed by atoms with Gasteiger partial charge in [-0.1, -0.05) is 12.1 Å². The first-order chi connectivity index (χ1) is 8.99. The molecule has 0 radical (unpaired) electrons. The number of hydrogen-bond acceptors (Lipinski definition) is 4. The van der Waals surface area contributed by atoms with Gasteiger partial charge in [-0.15, -0.1) is 0 Å². The molecule has 1 fully saturated rings. The van der Waals surface area contributed by atoms with E-state index in [0.29, 0.717) is 5.75 Å². The van der Waals surface area contributed by atoms with Crippen LogP contribution in [0.3, 0.4) is 0 Å². The third kappa shape index (κ3) is 3.68. The van der Waals surface area contributed by atoms with Crippen LogP contribution in [0.25, 0.3) is 0 Å². The first-order valence-electron chi connectivity index (χ1n) is 6.48. The smallest absolute Gasteiger partial charge is 0.244 e. The first-order valence-corrected chi connectivity index (χ1v) is 7.96. The summed E-state index contributed by atoms with van der Waals surface area (Å²) in [7, 11) is -3.53. The third-order valence-corrected chi connectivity index (χ3v) is 4.54. The summed E-state index contributed by atoms with van der Waals surface area (Å²) in [6, 6.07) is 6.61. The molecule has 0 amide bonds. The molecule has 5 nitrogen and oxygen atoms in total. The van der Waals surface area contributed by atoms with Crippen molar-refractivity contribution in [2.75, 3.05) is 13.1 Å². The van der Waals surface area contributed by atoms with Gasteiger partial charge < -0.3 is 10.1 Å². The van der Waals surface area contributed by atoms with Crippen LogP contribution in [0.5, 0.6) is 5.75 Å². The van der Waals surface area contributed by atoms with E-state index in [2.05, 4.69) is 10.0 Å². The molecule has 0 saturated carbocycles. The van der Waals surface area contributed by atoms with Crippen molar-refractivity contribution in [1.29, 1.82) is 0 Å². The van der Waals surface area contributed by atoms with Crippen molar-refractivity contribution in [3.8, 4) is 5.75 Å². The number of rotatable bonds is 5. The highest BCUT2D eigenvalue weighted by Crippen LogP contribution is 2.25. The normalized spacial score (nSPS) is 19.8. The molecule has 0 bridgehead atoms. The molecular weight excluding hydrogens is 264 g/mol. The Labute approximate surface area is 114 Å². The minimum Gasteiger partial charge on any atom is -0.488 e. The van der Waals surface area contributed by atoms with Gasteiger partial charge >= 0.3 is 0 Å². The molecule has 0 spiro atoms. The minimum atomic E-state index is -3.53. The fourth-order valence-electron chi connectivity index (χ4n) is 2.05. The molecule has 1 aromatic rings. The summed E-state index contributed by atoms with van der Waals surface area (Å²) in [6.07, 6.45) is 0.932. The zero-order valence-corrected chi connectivity index (χ0v) is 12.0. The summed E-state index contributed by atoms with van der Waals surface area (Å²) in [5, 5.41) is 3.19. The number of benzene rings is 1. The summed E-state index contributed by atoms with van der Waals surface area (Å²) < 4.78 is 32.8. The van der Waals surface area contributed by atoms with E-state index < -0.39 is 10.0 Å². The third-order valence-electron chi connectivity index (χ3n) is 2.84. The summed E-state index contributed by atoms with van der Waals surface area (Å²) in [5.41, 5.74) is 0. The Morgan fingerprint density at radius 3 is 2.74 bits per heavy atom. The summed E-state index contributed by atoms with van der Waals surface area (Å²) >= 11 is 0. The molecule has 1 saturated heterocycles. The van der Waals surface area contributed by atoms with Crippen molar-refractivity contribution in [3.05, 3.63) is 24.3 Å². The lowest BCUT2D eigenvalue weighted by atomic mass is 10.3. The van der Waals surface area contributed by atoms with Crippen LogP contribution in [-0.4, -0.2) is 33.7 Å². The van der Waals surface area contributed by atoms with Crippen LogP contribution in [0.1, 0.15) is 20.3 Å². The van der Waals surface area contributed by atoms with Crippen LogP contribution in [0.4, 0.5) is 0 Å². The van der Waals surface area contributed by atoms with Crippen molar-refractivity contribution in [2.45, 2.75) is 37.3 Å². The van der Waals surface area contributed by atoms with Crippen LogP contribution in [0.2, 0.25) is 0 Å². The summed E-state index contributed by atoms with van der Waals surface area (Å²) in [5.74, 6) is 0.421. The fourth-order valence-corrected chi connectivity index (χ4v) is 3.44. The lowest BCUT2D eigenvalue weighted by molar-refractivity contribution is 0.217. The Morgan fingerprint density at radius 1 is 1.37 bits per heavy atom. The lowest BCUT2D eigenvalue weighted by Gasteiger charge is -2.17. The molecule has 2 N–H and O–H groups in total. The van der Waals surface area contributed by atoms with Gasteiger partial charge in [0.05, 0.1) is 0 Å². The maximum atomic E-state index is 12.2. The average molecular weight is 284 g/mol. The highest BCUT2D eigenvalue weighted by Gasteiger charge is 2.23. The van der Waals surface area contributed by atoms with E-state index in [0.717, 1.165) is 19.5 Å². The SMILES string of the molecule is CC(C)NS(=O)(=O)c1ccccc1OC1CCNC1. The number of ether oxygens (including phenoxy) is 1. The number of hydrogen-bond donors (Lipinski definition) is 2. The van der Waals surface area contributed by atoms with Gasteiger partial charge in [-0.05, 0) is 38.9 Å². The highest BCUT2D eigenvalue weighted by molar-refractivity contribution is 7.89. The van der Waals surface area contributed by atoms with E-state index in [9.17, 15) is 8.42 Å². The molecule has 1 atom stereocenters. The predicted molar refractivity (Wildman–Crippen MR) is 73.8 cm³/mol. The van der Waals surface area contributed by atoms with Crippen LogP contribution in [-0.2, 0) is 10.0 Å². The van der Waals surface area contributed by atoms with Crippen LogP contribution in [0.15, 0.2) is 29.2 Å². The monoisotopic (exact) mass is 284 g/mol. The van der Waals surface area contributed by atoms with E-state index in [-0.39, 0.29) is 17.0 Å². The van der Waals surface area contributed by atoms with Gasteiger partial charge in [-0.2, -0.15) is 0 Å². The quantitative estimate of drug-likeness (QED) is 0.850. The zero-order chi connectivity index (χ0) is 13.9. The van der Waals surface area contributed by atoms with Crippen LogP contribution in [0, 0.1) is 0 Å². The predicted octanol–water partition coefficient (Wildman–Crippen LogP) is 1.11. The van der Waals surface area contributed by atoms with Gasteiger partial charge in [-0.3, -0.25) is 0 Å². The van der Waals surface area contributed by atoms with E-state index in [1.54, 1.807) is 38.1 Å². The molecule has 0 aliphatic carbocycles.